The normalized spacial score (nSPS) is 11.5. The largest absolute Gasteiger partial charge is 0.365 e. The summed E-state index contributed by atoms with van der Waals surface area (Å²) in [5.41, 5.74) is 3.94. The average Bonchev–Trinajstić information content (AvgIpc) is 2.15. The maximum absolute atomic E-state index is 5.02. The standard InChI is InChI=1S/C13H21NO/c1-10-6-7-11(13(2,3)4)8-12(10)14-9-15-5/h6-8,14H,9H2,1-5H3. The summed E-state index contributed by atoms with van der Waals surface area (Å²) in [6, 6.07) is 6.54. The van der Waals surface area contributed by atoms with E-state index in [2.05, 4.69) is 51.2 Å². The molecular formula is C13H21NO. The van der Waals surface area contributed by atoms with Crippen molar-refractivity contribution in [2.45, 2.75) is 33.1 Å². The molecule has 0 atom stereocenters. The van der Waals surface area contributed by atoms with Crippen LogP contribution in [0.25, 0.3) is 0 Å². The number of ether oxygens (including phenoxy) is 1. The topological polar surface area (TPSA) is 21.3 Å². The Balaban J connectivity index is 2.95. The highest BCUT2D eigenvalue weighted by Gasteiger charge is 2.14. The van der Waals surface area contributed by atoms with Crippen molar-refractivity contribution in [2.24, 2.45) is 0 Å². The van der Waals surface area contributed by atoms with E-state index in [1.54, 1.807) is 7.11 Å². The second-order valence-corrected chi connectivity index (χ2v) is 4.89. The Morgan fingerprint density at radius 2 is 1.93 bits per heavy atom. The molecule has 0 aliphatic heterocycles. The van der Waals surface area contributed by atoms with Crippen molar-refractivity contribution < 1.29 is 4.74 Å². The Kier molecular flexibility index (Phi) is 3.75. The van der Waals surface area contributed by atoms with Crippen LogP contribution in [0.4, 0.5) is 5.69 Å². The lowest BCUT2D eigenvalue weighted by Crippen LogP contribution is -2.12. The molecule has 0 fully saturated rings. The zero-order chi connectivity index (χ0) is 11.5. The highest BCUT2D eigenvalue weighted by atomic mass is 16.5. The molecule has 0 aliphatic rings. The minimum Gasteiger partial charge on any atom is -0.365 e. The molecule has 1 aromatic carbocycles. The van der Waals surface area contributed by atoms with Crippen LogP contribution in [-0.4, -0.2) is 13.8 Å². The molecule has 0 aliphatic carbocycles. The molecule has 0 radical (unpaired) electrons. The van der Waals surface area contributed by atoms with Crippen molar-refractivity contribution in [2.75, 3.05) is 19.2 Å². The van der Waals surface area contributed by atoms with Crippen LogP contribution in [0, 0.1) is 6.92 Å². The van der Waals surface area contributed by atoms with E-state index in [9.17, 15) is 0 Å². The van der Waals surface area contributed by atoms with Gasteiger partial charge in [0.25, 0.3) is 0 Å². The fourth-order valence-electron chi connectivity index (χ4n) is 1.43. The fraction of sp³-hybridized carbons (Fsp3) is 0.538. The van der Waals surface area contributed by atoms with E-state index in [4.69, 9.17) is 4.74 Å². The van der Waals surface area contributed by atoms with Gasteiger partial charge in [-0.25, -0.2) is 0 Å². The number of aryl methyl sites for hydroxylation is 1. The molecule has 0 aromatic heterocycles. The van der Waals surface area contributed by atoms with E-state index in [0.29, 0.717) is 6.73 Å². The third kappa shape index (κ3) is 3.24. The zero-order valence-electron chi connectivity index (χ0n) is 10.3. The number of hydrogen-bond acceptors (Lipinski definition) is 2. The van der Waals surface area contributed by atoms with Gasteiger partial charge in [0.15, 0.2) is 0 Å². The van der Waals surface area contributed by atoms with E-state index in [-0.39, 0.29) is 5.41 Å². The van der Waals surface area contributed by atoms with Crippen molar-refractivity contribution in [3.63, 3.8) is 0 Å². The Morgan fingerprint density at radius 1 is 1.27 bits per heavy atom. The molecule has 84 valence electrons. The van der Waals surface area contributed by atoms with Gasteiger partial charge in [-0.15, -0.1) is 0 Å². The summed E-state index contributed by atoms with van der Waals surface area (Å²) in [6.45, 7) is 9.31. The van der Waals surface area contributed by atoms with Crippen LogP contribution in [0.5, 0.6) is 0 Å². The van der Waals surface area contributed by atoms with Crippen LogP contribution in [0.15, 0.2) is 18.2 Å². The van der Waals surface area contributed by atoms with Crippen molar-refractivity contribution in [1.82, 2.24) is 0 Å². The monoisotopic (exact) mass is 207 g/mol. The molecule has 0 amide bonds. The summed E-state index contributed by atoms with van der Waals surface area (Å²) >= 11 is 0. The molecule has 0 bridgehead atoms. The van der Waals surface area contributed by atoms with Crippen molar-refractivity contribution >= 4 is 5.69 Å². The Morgan fingerprint density at radius 3 is 2.47 bits per heavy atom. The van der Waals surface area contributed by atoms with E-state index in [0.717, 1.165) is 5.69 Å². The van der Waals surface area contributed by atoms with Gasteiger partial charge in [0.1, 0.15) is 6.73 Å². The zero-order valence-corrected chi connectivity index (χ0v) is 10.3. The second-order valence-electron chi connectivity index (χ2n) is 4.89. The van der Waals surface area contributed by atoms with Crippen LogP contribution in [0.2, 0.25) is 0 Å². The Hall–Kier alpha value is -1.02. The summed E-state index contributed by atoms with van der Waals surface area (Å²) < 4.78 is 5.02. The quantitative estimate of drug-likeness (QED) is 0.768. The molecule has 0 saturated carbocycles. The summed E-state index contributed by atoms with van der Waals surface area (Å²) in [4.78, 5) is 0. The number of benzene rings is 1. The molecule has 1 aromatic rings. The predicted octanol–water partition coefficient (Wildman–Crippen LogP) is 3.31. The molecule has 15 heavy (non-hydrogen) atoms. The first-order chi connectivity index (χ1) is 6.95. The van der Waals surface area contributed by atoms with E-state index < -0.39 is 0 Å². The fourth-order valence-corrected chi connectivity index (χ4v) is 1.43. The van der Waals surface area contributed by atoms with Gasteiger partial charge in [-0.3, -0.25) is 0 Å². The van der Waals surface area contributed by atoms with Crippen LogP contribution >= 0.6 is 0 Å². The van der Waals surface area contributed by atoms with E-state index >= 15 is 0 Å². The molecule has 0 saturated heterocycles. The van der Waals surface area contributed by atoms with E-state index in [1.807, 2.05) is 0 Å². The molecule has 1 N–H and O–H groups in total. The lowest BCUT2D eigenvalue weighted by Gasteiger charge is -2.21. The maximum atomic E-state index is 5.02. The van der Waals surface area contributed by atoms with Gasteiger partial charge < -0.3 is 10.1 Å². The van der Waals surface area contributed by atoms with Crippen molar-refractivity contribution in [1.29, 1.82) is 0 Å². The molecule has 0 spiro atoms. The van der Waals surface area contributed by atoms with Crippen molar-refractivity contribution in [3.8, 4) is 0 Å². The third-order valence-electron chi connectivity index (χ3n) is 2.51. The average molecular weight is 207 g/mol. The minimum absolute atomic E-state index is 0.192. The molecule has 0 heterocycles. The lowest BCUT2D eigenvalue weighted by atomic mass is 9.86. The van der Waals surface area contributed by atoms with Crippen LogP contribution in [0.3, 0.4) is 0 Å². The molecule has 0 unspecified atom stereocenters. The summed E-state index contributed by atoms with van der Waals surface area (Å²) in [5.74, 6) is 0. The molecule has 1 rings (SSSR count). The van der Waals surface area contributed by atoms with Crippen LogP contribution in [0.1, 0.15) is 31.9 Å². The van der Waals surface area contributed by atoms with Gasteiger partial charge in [-0.2, -0.15) is 0 Å². The summed E-state index contributed by atoms with van der Waals surface area (Å²) in [7, 11) is 1.69. The molecule has 2 heteroatoms. The minimum atomic E-state index is 0.192. The van der Waals surface area contributed by atoms with Gasteiger partial charge in [0.05, 0.1) is 0 Å². The highest BCUT2D eigenvalue weighted by molar-refractivity contribution is 5.53. The first-order valence-electron chi connectivity index (χ1n) is 5.29. The van der Waals surface area contributed by atoms with Crippen molar-refractivity contribution in [3.05, 3.63) is 29.3 Å². The highest BCUT2D eigenvalue weighted by Crippen LogP contribution is 2.26. The number of hydrogen-bond donors (Lipinski definition) is 1. The van der Waals surface area contributed by atoms with Crippen LogP contribution < -0.4 is 5.32 Å². The Bertz CT molecular complexity index is 326. The number of anilines is 1. The number of methoxy groups -OCH3 is 1. The second kappa shape index (κ2) is 4.67. The SMILES string of the molecule is COCNc1cc(C(C)(C)C)ccc1C. The van der Waals surface area contributed by atoms with Gasteiger partial charge in [-0.1, -0.05) is 32.9 Å². The lowest BCUT2D eigenvalue weighted by molar-refractivity contribution is 0.221. The maximum Gasteiger partial charge on any atom is 0.116 e. The van der Waals surface area contributed by atoms with E-state index in [1.165, 1.54) is 11.1 Å². The summed E-state index contributed by atoms with van der Waals surface area (Å²) in [6.07, 6.45) is 0. The first kappa shape index (κ1) is 12.1. The number of rotatable bonds is 3. The third-order valence-corrected chi connectivity index (χ3v) is 2.51. The van der Waals surface area contributed by atoms with Gasteiger partial charge in [0, 0.05) is 12.8 Å². The van der Waals surface area contributed by atoms with Crippen LogP contribution in [-0.2, 0) is 10.2 Å². The predicted molar refractivity (Wildman–Crippen MR) is 65.4 cm³/mol. The van der Waals surface area contributed by atoms with Gasteiger partial charge in [-0.05, 0) is 29.5 Å². The molecule has 2 nitrogen and oxygen atoms in total. The van der Waals surface area contributed by atoms with Gasteiger partial charge >= 0.3 is 0 Å². The smallest absolute Gasteiger partial charge is 0.116 e. The van der Waals surface area contributed by atoms with Gasteiger partial charge in [0.2, 0.25) is 0 Å². The Labute approximate surface area is 92.6 Å². The number of nitrogens with one attached hydrogen (secondary N) is 1. The summed E-state index contributed by atoms with van der Waals surface area (Å²) in [5, 5.41) is 3.25. The first-order valence-corrected chi connectivity index (χ1v) is 5.29. The molecular weight excluding hydrogens is 186 g/mol.